The fourth-order valence-corrected chi connectivity index (χ4v) is 2.75. The summed E-state index contributed by atoms with van der Waals surface area (Å²) >= 11 is 0. The molecule has 7 nitrogen and oxygen atoms in total. The molecule has 0 unspecified atom stereocenters. The number of benzene rings is 1. The lowest BCUT2D eigenvalue weighted by atomic mass is 9.98. The Balaban J connectivity index is 3.04. The molecule has 0 radical (unpaired) electrons. The summed E-state index contributed by atoms with van der Waals surface area (Å²) in [6, 6.07) is 2.30. The normalized spacial score (nSPS) is 12.4. The Morgan fingerprint density at radius 3 is 2.43 bits per heavy atom. The molecule has 21 heavy (non-hydrogen) atoms. The number of nitro benzene ring substituents is 1. The zero-order valence-electron chi connectivity index (χ0n) is 11.7. The number of rotatable bonds is 7. The molecule has 0 bridgehead atoms. The van der Waals surface area contributed by atoms with Gasteiger partial charge in [0.25, 0.3) is 0 Å². The van der Waals surface area contributed by atoms with E-state index in [0.717, 1.165) is 12.1 Å². The lowest BCUT2D eigenvalue weighted by molar-refractivity contribution is -0.387. The Labute approximate surface area is 122 Å². The number of nitrogens with one attached hydrogen (secondary N) is 1. The Hall–Kier alpha value is -1.58. The maximum atomic E-state index is 13.2. The van der Waals surface area contributed by atoms with Gasteiger partial charge < -0.3 is 5.11 Å². The summed E-state index contributed by atoms with van der Waals surface area (Å²) in [6.07, 6.45) is 0.686. The number of hydrogen-bond acceptors (Lipinski definition) is 5. The molecule has 0 saturated carbocycles. The summed E-state index contributed by atoms with van der Waals surface area (Å²) in [6.45, 7) is 3.19. The lowest BCUT2D eigenvalue weighted by Crippen LogP contribution is -2.41. The van der Waals surface area contributed by atoms with Crippen molar-refractivity contribution in [2.24, 2.45) is 0 Å². The van der Waals surface area contributed by atoms with Crippen molar-refractivity contribution in [3.8, 4) is 0 Å². The molecular formula is C12H17FN2O5S. The molecule has 118 valence electrons. The Morgan fingerprint density at radius 1 is 1.38 bits per heavy atom. The van der Waals surface area contributed by atoms with E-state index in [0.29, 0.717) is 18.9 Å². The minimum Gasteiger partial charge on any atom is -0.389 e. The summed E-state index contributed by atoms with van der Waals surface area (Å²) in [4.78, 5) is 9.20. The van der Waals surface area contributed by atoms with Crippen LogP contribution in [0.1, 0.15) is 26.7 Å². The molecule has 2 N–H and O–H groups in total. The van der Waals surface area contributed by atoms with Gasteiger partial charge in [-0.15, -0.1) is 0 Å². The topological polar surface area (TPSA) is 110 Å². The van der Waals surface area contributed by atoms with Gasteiger partial charge in [-0.05, 0) is 25.0 Å². The average molecular weight is 320 g/mol. The maximum Gasteiger partial charge on any atom is 0.306 e. The number of nitrogens with zero attached hydrogens (tertiary/aromatic N) is 1. The molecule has 0 fully saturated rings. The van der Waals surface area contributed by atoms with E-state index in [1.807, 2.05) is 0 Å². The van der Waals surface area contributed by atoms with Crippen LogP contribution in [0.25, 0.3) is 0 Å². The zero-order valence-corrected chi connectivity index (χ0v) is 12.5. The standard InChI is InChI=1S/C12H17FN2O5S/c1-3-12(16,4-2)8-14-21(19,20)9-5-6-10(13)11(7-9)15(17)18/h5-7,14,16H,3-4,8H2,1-2H3. The number of sulfonamides is 1. The molecule has 0 aliphatic carbocycles. The second-order valence-electron chi connectivity index (χ2n) is 4.63. The van der Waals surface area contributed by atoms with Gasteiger partial charge in [-0.3, -0.25) is 10.1 Å². The molecule has 0 amide bonds. The third-order valence-corrected chi connectivity index (χ3v) is 4.73. The van der Waals surface area contributed by atoms with Crippen LogP contribution in [0.2, 0.25) is 0 Å². The van der Waals surface area contributed by atoms with Crippen LogP contribution in [0, 0.1) is 15.9 Å². The van der Waals surface area contributed by atoms with Crippen molar-refractivity contribution < 1.29 is 22.8 Å². The zero-order chi connectivity index (χ0) is 16.3. The molecule has 1 aromatic rings. The molecule has 0 aromatic heterocycles. The number of halogens is 1. The molecule has 1 aromatic carbocycles. The Bertz CT molecular complexity index is 629. The largest absolute Gasteiger partial charge is 0.389 e. The first kappa shape index (κ1) is 17.5. The van der Waals surface area contributed by atoms with Gasteiger partial charge in [0, 0.05) is 12.6 Å². The summed E-state index contributed by atoms with van der Waals surface area (Å²) in [5.74, 6) is -1.11. The minimum absolute atomic E-state index is 0.229. The van der Waals surface area contributed by atoms with E-state index < -0.39 is 36.9 Å². The average Bonchev–Trinajstić information content (AvgIpc) is 2.45. The van der Waals surface area contributed by atoms with Crippen molar-refractivity contribution in [3.63, 3.8) is 0 Å². The van der Waals surface area contributed by atoms with Gasteiger partial charge in [-0.25, -0.2) is 13.1 Å². The lowest BCUT2D eigenvalue weighted by Gasteiger charge is -2.25. The predicted molar refractivity (Wildman–Crippen MR) is 73.8 cm³/mol. The van der Waals surface area contributed by atoms with Crippen molar-refractivity contribution in [1.82, 2.24) is 4.72 Å². The molecule has 0 heterocycles. The van der Waals surface area contributed by atoms with Gasteiger partial charge in [0.15, 0.2) is 0 Å². The molecule has 0 aliphatic rings. The van der Waals surface area contributed by atoms with Crippen LogP contribution >= 0.6 is 0 Å². The molecule has 9 heteroatoms. The van der Waals surface area contributed by atoms with Crippen LogP contribution in [0.15, 0.2) is 23.1 Å². The van der Waals surface area contributed by atoms with Gasteiger partial charge in [0.2, 0.25) is 15.8 Å². The summed E-state index contributed by atoms with van der Waals surface area (Å²) < 4.78 is 39.4. The van der Waals surface area contributed by atoms with Gasteiger partial charge in [-0.2, -0.15) is 4.39 Å². The highest BCUT2D eigenvalue weighted by molar-refractivity contribution is 7.89. The van der Waals surface area contributed by atoms with Crippen molar-refractivity contribution >= 4 is 15.7 Å². The van der Waals surface area contributed by atoms with E-state index in [9.17, 15) is 28.0 Å². The fourth-order valence-electron chi connectivity index (χ4n) is 1.61. The van der Waals surface area contributed by atoms with Crippen molar-refractivity contribution in [3.05, 3.63) is 34.1 Å². The van der Waals surface area contributed by atoms with Crippen LogP contribution in [0.5, 0.6) is 0 Å². The first-order valence-electron chi connectivity index (χ1n) is 6.31. The highest BCUT2D eigenvalue weighted by Gasteiger charge is 2.27. The van der Waals surface area contributed by atoms with Gasteiger partial charge >= 0.3 is 5.69 Å². The molecular weight excluding hydrogens is 303 g/mol. The van der Waals surface area contributed by atoms with Crippen molar-refractivity contribution in [1.29, 1.82) is 0 Å². The second-order valence-corrected chi connectivity index (χ2v) is 6.39. The third-order valence-electron chi connectivity index (χ3n) is 3.33. The molecule has 1 rings (SSSR count). The van der Waals surface area contributed by atoms with Crippen molar-refractivity contribution in [2.45, 2.75) is 37.2 Å². The summed E-state index contributed by atoms with van der Waals surface area (Å²) in [5.41, 5.74) is -2.11. The smallest absolute Gasteiger partial charge is 0.306 e. The van der Waals surface area contributed by atoms with Crippen LogP contribution < -0.4 is 4.72 Å². The summed E-state index contributed by atoms with van der Waals surface area (Å²) in [5, 5.41) is 20.7. The maximum absolute atomic E-state index is 13.2. The van der Waals surface area contributed by atoms with E-state index in [4.69, 9.17) is 0 Å². The second kappa shape index (κ2) is 6.46. The first-order chi connectivity index (χ1) is 9.65. The van der Waals surface area contributed by atoms with Crippen LogP contribution in [-0.2, 0) is 10.0 Å². The van der Waals surface area contributed by atoms with Gasteiger partial charge in [0.1, 0.15) is 0 Å². The molecule has 0 saturated heterocycles. The van der Waals surface area contributed by atoms with Crippen LogP contribution in [-0.4, -0.2) is 30.6 Å². The van der Waals surface area contributed by atoms with Crippen LogP contribution in [0.4, 0.5) is 10.1 Å². The molecule has 0 spiro atoms. The first-order valence-corrected chi connectivity index (χ1v) is 7.79. The highest BCUT2D eigenvalue weighted by Crippen LogP contribution is 2.22. The van der Waals surface area contributed by atoms with E-state index in [1.165, 1.54) is 0 Å². The Morgan fingerprint density at radius 2 is 1.95 bits per heavy atom. The van der Waals surface area contributed by atoms with Gasteiger partial charge in [-0.1, -0.05) is 13.8 Å². The van der Waals surface area contributed by atoms with Crippen molar-refractivity contribution in [2.75, 3.05) is 6.54 Å². The summed E-state index contributed by atoms with van der Waals surface area (Å²) in [7, 11) is -4.07. The highest BCUT2D eigenvalue weighted by atomic mass is 32.2. The SMILES string of the molecule is CCC(O)(CC)CNS(=O)(=O)c1ccc(F)c([N+](=O)[O-])c1. The fraction of sp³-hybridized carbons (Fsp3) is 0.500. The Kier molecular flexibility index (Phi) is 5.37. The number of nitro groups is 1. The van der Waals surface area contributed by atoms with E-state index in [2.05, 4.69) is 4.72 Å². The number of aliphatic hydroxyl groups is 1. The van der Waals surface area contributed by atoms with E-state index in [1.54, 1.807) is 13.8 Å². The molecule has 0 atom stereocenters. The monoisotopic (exact) mass is 320 g/mol. The minimum atomic E-state index is -4.07. The van der Waals surface area contributed by atoms with E-state index >= 15 is 0 Å². The molecule has 0 aliphatic heterocycles. The van der Waals surface area contributed by atoms with Gasteiger partial charge in [0.05, 0.1) is 15.4 Å². The quantitative estimate of drug-likeness (QED) is 0.585. The predicted octanol–water partition coefficient (Wildman–Crippen LogP) is 1.56. The third kappa shape index (κ3) is 4.19. The van der Waals surface area contributed by atoms with E-state index in [-0.39, 0.29) is 6.54 Å². The van der Waals surface area contributed by atoms with Crippen LogP contribution in [0.3, 0.4) is 0 Å². The number of hydrogen-bond donors (Lipinski definition) is 2.